The van der Waals surface area contributed by atoms with Crippen LogP contribution in [-0.2, 0) is 29.0 Å². The lowest BCUT2D eigenvalue weighted by Gasteiger charge is -2.38. The summed E-state index contributed by atoms with van der Waals surface area (Å²) in [5.41, 5.74) is 6.33. The lowest BCUT2D eigenvalue weighted by Crippen LogP contribution is -2.42. The molecule has 0 bridgehead atoms. The van der Waals surface area contributed by atoms with Crippen LogP contribution >= 0.6 is 12.6 Å². The van der Waals surface area contributed by atoms with E-state index in [1.54, 1.807) is 6.92 Å². The maximum absolute atomic E-state index is 11.8. The molecular weight excluding hydrogens is 496 g/mol. The molecule has 0 spiro atoms. The second-order valence-corrected chi connectivity index (χ2v) is 10.9. The lowest BCUT2D eigenvalue weighted by atomic mass is 9.87. The highest BCUT2D eigenvalue weighted by molar-refractivity contribution is 7.81. The van der Waals surface area contributed by atoms with Gasteiger partial charge in [0.1, 0.15) is 41.3 Å². The Morgan fingerprint density at radius 1 is 0.974 bits per heavy atom. The molecule has 0 amide bonds. The quantitative estimate of drug-likeness (QED) is 0.230. The zero-order chi connectivity index (χ0) is 27.3. The number of thiol groups is 1. The van der Waals surface area contributed by atoms with E-state index in [0.717, 1.165) is 57.9 Å². The minimum absolute atomic E-state index is 0.297. The SMILES string of the molecule is CCOC(=O)[C@H](S)Cc1ccc(OC[C@@]2(C)CCc3c(C)c(OCc4ccccc4)c(C)c(C)c3O2)cc1. The number of hydrogen-bond acceptors (Lipinski definition) is 6. The summed E-state index contributed by atoms with van der Waals surface area (Å²) < 4.78 is 24.1. The van der Waals surface area contributed by atoms with E-state index in [-0.39, 0.29) is 5.97 Å². The molecule has 202 valence electrons. The van der Waals surface area contributed by atoms with Gasteiger partial charge in [0.25, 0.3) is 0 Å². The fourth-order valence-corrected chi connectivity index (χ4v) is 5.12. The molecule has 0 saturated heterocycles. The van der Waals surface area contributed by atoms with Crippen LogP contribution in [0.3, 0.4) is 0 Å². The smallest absolute Gasteiger partial charge is 0.319 e. The van der Waals surface area contributed by atoms with Crippen molar-refractivity contribution in [1.29, 1.82) is 0 Å². The van der Waals surface area contributed by atoms with Crippen molar-refractivity contribution in [2.24, 2.45) is 0 Å². The topological polar surface area (TPSA) is 54.0 Å². The zero-order valence-electron chi connectivity index (χ0n) is 23.0. The maximum atomic E-state index is 11.8. The molecule has 2 atom stereocenters. The number of carbonyl (C=O) groups is 1. The fraction of sp³-hybridized carbons (Fsp3) is 0.406. The Hall–Kier alpha value is -3.12. The van der Waals surface area contributed by atoms with Gasteiger partial charge in [0, 0.05) is 5.56 Å². The van der Waals surface area contributed by atoms with Crippen LogP contribution in [0.5, 0.6) is 17.2 Å². The lowest BCUT2D eigenvalue weighted by molar-refractivity contribution is -0.142. The molecule has 0 fully saturated rings. The first-order valence-corrected chi connectivity index (χ1v) is 13.8. The Balaban J connectivity index is 1.40. The third-order valence-electron chi connectivity index (χ3n) is 7.24. The number of esters is 1. The molecule has 1 aliphatic heterocycles. The summed E-state index contributed by atoms with van der Waals surface area (Å²) in [5.74, 6) is 2.39. The summed E-state index contributed by atoms with van der Waals surface area (Å²) >= 11 is 4.37. The van der Waals surface area contributed by atoms with Crippen LogP contribution in [0.15, 0.2) is 54.6 Å². The summed E-state index contributed by atoms with van der Waals surface area (Å²) in [6, 6.07) is 18.0. The van der Waals surface area contributed by atoms with Crippen molar-refractivity contribution in [2.75, 3.05) is 13.2 Å². The van der Waals surface area contributed by atoms with E-state index in [9.17, 15) is 4.79 Å². The Morgan fingerprint density at radius 3 is 2.37 bits per heavy atom. The van der Waals surface area contributed by atoms with E-state index >= 15 is 0 Å². The van der Waals surface area contributed by atoms with Crippen LogP contribution in [0.25, 0.3) is 0 Å². The summed E-state index contributed by atoms with van der Waals surface area (Å²) in [6.45, 7) is 11.6. The van der Waals surface area contributed by atoms with Crippen molar-refractivity contribution >= 4 is 18.6 Å². The molecule has 3 aromatic rings. The highest BCUT2D eigenvalue weighted by atomic mass is 32.1. The number of benzene rings is 3. The second-order valence-electron chi connectivity index (χ2n) is 10.2. The zero-order valence-corrected chi connectivity index (χ0v) is 23.9. The van der Waals surface area contributed by atoms with Gasteiger partial charge in [-0.3, -0.25) is 4.79 Å². The molecule has 1 heterocycles. The fourth-order valence-electron chi connectivity index (χ4n) is 4.83. The number of rotatable bonds is 10. The number of fused-ring (bicyclic) bond motifs is 1. The minimum Gasteiger partial charge on any atom is -0.489 e. The predicted octanol–water partition coefficient (Wildman–Crippen LogP) is 6.76. The van der Waals surface area contributed by atoms with Gasteiger partial charge >= 0.3 is 5.97 Å². The second kappa shape index (κ2) is 12.2. The summed E-state index contributed by atoms with van der Waals surface area (Å²) in [5, 5.41) is -0.476. The molecule has 6 heteroatoms. The van der Waals surface area contributed by atoms with Gasteiger partial charge < -0.3 is 18.9 Å². The van der Waals surface area contributed by atoms with Gasteiger partial charge in [0.2, 0.25) is 0 Å². The van der Waals surface area contributed by atoms with Crippen LogP contribution in [0, 0.1) is 20.8 Å². The first-order valence-electron chi connectivity index (χ1n) is 13.3. The first-order chi connectivity index (χ1) is 18.2. The van der Waals surface area contributed by atoms with Crippen molar-refractivity contribution in [1.82, 2.24) is 0 Å². The molecule has 38 heavy (non-hydrogen) atoms. The average Bonchev–Trinajstić information content (AvgIpc) is 2.92. The molecule has 0 saturated carbocycles. The van der Waals surface area contributed by atoms with Crippen LogP contribution in [0.4, 0.5) is 0 Å². The number of ether oxygens (including phenoxy) is 4. The third kappa shape index (κ3) is 6.47. The maximum Gasteiger partial charge on any atom is 0.319 e. The Morgan fingerprint density at radius 2 is 1.68 bits per heavy atom. The number of carbonyl (C=O) groups excluding carboxylic acids is 1. The van der Waals surface area contributed by atoms with E-state index in [2.05, 4.69) is 52.5 Å². The van der Waals surface area contributed by atoms with Crippen LogP contribution in [0.2, 0.25) is 0 Å². The molecule has 3 aromatic carbocycles. The molecule has 0 radical (unpaired) electrons. The summed E-state index contributed by atoms with van der Waals surface area (Å²) in [4.78, 5) is 11.8. The van der Waals surface area contributed by atoms with Crippen LogP contribution in [0.1, 0.15) is 53.6 Å². The van der Waals surface area contributed by atoms with E-state index in [1.807, 2.05) is 42.5 Å². The van der Waals surface area contributed by atoms with Crippen molar-refractivity contribution < 1.29 is 23.7 Å². The van der Waals surface area contributed by atoms with Crippen LogP contribution < -0.4 is 14.2 Å². The molecule has 0 aromatic heterocycles. The average molecular weight is 535 g/mol. The molecule has 4 rings (SSSR count). The molecule has 0 N–H and O–H groups in total. The Bertz CT molecular complexity index is 1260. The predicted molar refractivity (Wildman–Crippen MR) is 154 cm³/mol. The van der Waals surface area contributed by atoms with Crippen molar-refractivity contribution in [2.45, 2.75) is 71.3 Å². The van der Waals surface area contributed by atoms with Crippen molar-refractivity contribution in [3.8, 4) is 17.2 Å². The van der Waals surface area contributed by atoms with Gasteiger partial charge in [-0.25, -0.2) is 0 Å². The van der Waals surface area contributed by atoms with Gasteiger partial charge in [0.05, 0.1) is 6.61 Å². The van der Waals surface area contributed by atoms with Gasteiger partial charge in [-0.15, -0.1) is 0 Å². The van der Waals surface area contributed by atoms with E-state index in [1.165, 1.54) is 5.56 Å². The third-order valence-corrected chi connectivity index (χ3v) is 7.64. The number of hydrogen-bond donors (Lipinski definition) is 1. The van der Waals surface area contributed by atoms with E-state index in [4.69, 9.17) is 18.9 Å². The summed E-state index contributed by atoms with van der Waals surface area (Å²) in [7, 11) is 0. The normalized spacial score (nSPS) is 17.2. The van der Waals surface area contributed by atoms with Gasteiger partial charge in [-0.2, -0.15) is 12.6 Å². The standard InChI is InChI=1S/C32H38O5S/c1-6-34-31(33)28(38)18-24-12-14-26(15-13-24)36-20-32(5)17-16-27-23(4)29(21(2)22(3)30(27)37-32)35-19-25-10-8-7-9-11-25/h7-15,28,38H,6,16-20H2,1-5H3/t28-,32-/m1/s1. The molecule has 0 aliphatic carbocycles. The van der Waals surface area contributed by atoms with E-state index in [0.29, 0.717) is 26.2 Å². The van der Waals surface area contributed by atoms with E-state index < -0.39 is 10.9 Å². The van der Waals surface area contributed by atoms with Crippen molar-refractivity contribution in [3.63, 3.8) is 0 Å². The first kappa shape index (κ1) is 27.9. The van der Waals surface area contributed by atoms with Crippen molar-refractivity contribution in [3.05, 3.63) is 88.0 Å². The van der Waals surface area contributed by atoms with Gasteiger partial charge in [-0.05, 0) is 93.8 Å². The molecule has 1 aliphatic rings. The molecular formula is C32H38O5S. The molecule has 5 nitrogen and oxygen atoms in total. The van der Waals surface area contributed by atoms with Gasteiger partial charge in [0.15, 0.2) is 0 Å². The largest absolute Gasteiger partial charge is 0.489 e. The monoisotopic (exact) mass is 534 g/mol. The van der Waals surface area contributed by atoms with Gasteiger partial charge in [-0.1, -0.05) is 42.5 Å². The Kier molecular flexibility index (Phi) is 8.93. The minimum atomic E-state index is -0.476. The summed E-state index contributed by atoms with van der Waals surface area (Å²) in [6.07, 6.45) is 2.26. The highest BCUT2D eigenvalue weighted by Gasteiger charge is 2.35. The highest BCUT2D eigenvalue weighted by Crippen LogP contribution is 2.44. The van der Waals surface area contributed by atoms with Crippen LogP contribution in [-0.4, -0.2) is 30.0 Å². The Labute approximate surface area is 231 Å². The molecule has 0 unspecified atom stereocenters.